The van der Waals surface area contributed by atoms with Crippen LogP contribution in [-0.4, -0.2) is 29.3 Å². The smallest absolute Gasteiger partial charge is 0.222 e. The molecule has 124 valence electrons. The molecule has 1 atom stereocenters. The Bertz CT molecular complexity index is 766. The van der Waals surface area contributed by atoms with E-state index in [2.05, 4.69) is 9.97 Å². The molecule has 0 bridgehead atoms. The second-order valence-corrected chi connectivity index (χ2v) is 5.65. The fraction of sp³-hybridized carbons (Fsp3) is 0.353. The second-order valence-electron chi connectivity index (χ2n) is 5.65. The molecule has 24 heavy (non-hydrogen) atoms. The summed E-state index contributed by atoms with van der Waals surface area (Å²) in [6.07, 6.45) is 2.34. The number of nitriles is 1. The van der Waals surface area contributed by atoms with E-state index in [1.165, 1.54) is 0 Å². The summed E-state index contributed by atoms with van der Waals surface area (Å²) in [5, 5.41) is 9.29. The van der Waals surface area contributed by atoms with Gasteiger partial charge in [-0.15, -0.1) is 0 Å². The van der Waals surface area contributed by atoms with Crippen molar-refractivity contribution in [1.29, 1.82) is 5.26 Å². The van der Waals surface area contributed by atoms with E-state index in [-0.39, 0.29) is 23.4 Å². The summed E-state index contributed by atoms with van der Waals surface area (Å²) in [7, 11) is 0. The van der Waals surface area contributed by atoms with Gasteiger partial charge in [0.05, 0.1) is 25.0 Å². The third kappa shape index (κ3) is 3.62. The van der Waals surface area contributed by atoms with Crippen LogP contribution in [0.2, 0.25) is 0 Å². The number of anilines is 2. The number of hydrogen-bond donors (Lipinski definition) is 2. The Hall–Kier alpha value is -2.69. The van der Waals surface area contributed by atoms with Crippen molar-refractivity contribution in [3.63, 3.8) is 0 Å². The van der Waals surface area contributed by atoms with Gasteiger partial charge < -0.3 is 20.9 Å². The maximum Gasteiger partial charge on any atom is 0.222 e. The van der Waals surface area contributed by atoms with Crippen LogP contribution < -0.4 is 11.5 Å². The average Bonchev–Trinajstić information content (AvgIpc) is 3.08. The summed E-state index contributed by atoms with van der Waals surface area (Å²) in [5.74, 6) is 0.126. The van der Waals surface area contributed by atoms with Gasteiger partial charge in [-0.2, -0.15) is 10.2 Å². The van der Waals surface area contributed by atoms with E-state index < -0.39 is 0 Å². The molecular formula is C17H19N5O2. The van der Waals surface area contributed by atoms with Crippen LogP contribution in [0.3, 0.4) is 0 Å². The van der Waals surface area contributed by atoms with E-state index in [1.54, 1.807) is 0 Å². The largest absolute Gasteiger partial charge is 0.382 e. The highest BCUT2D eigenvalue weighted by Crippen LogP contribution is 2.26. The van der Waals surface area contributed by atoms with E-state index >= 15 is 0 Å². The maximum absolute atomic E-state index is 9.29. The molecule has 2 heterocycles. The molecule has 0 radical (unpaired) electrons. The molecular weight excluding hydrogens is 306 g/mol. The standard InChI is InChI=1S/C17H19N5O2/c18-8-14-15(21-17(20)22-16(14)19)12-4-1-3-11(7-12)9-23-10-13-5-2-6-24-13/h1,3-4,7,13H,2,5-6,9-10H2,(H4,19,20,21,22). The lowest BCUT2D eigenvalue weighted by molar-refractivity contribution is 0.0106. The zero-order valence-electron chi connectivity index (χ0n) is 13.2. The molecule has 4 N–H and O–H groups in total. The van der Waals surface area contributed by atoms with Crippen molar-refractivity contribution in [3.8, 4) is 17.3 Å². The summed E-state index contributed by atoms with van der Waals surface area (Å²) < 4.78 is 11.3. The number of ether oxygens (including phenoxy) is 2. The van der Waals surface area contributed by atoms with Gasteiger partial charge in [0, 0.05) is 12.2 Å². The Balaban J connectivity index is 1.77. The predicted octanol–water partition coefficient (Wildman–Crippen LogP) is 1.88. The SMILES string of the molecule is N#Cc1c(N)nc(N)nc1-c1cccc(COCC2CCCO2)c1. The summed E-state index contributed by atoms with van der Waals surface area (Å²) in [6.45, 7) is 1.86. The summed E-state index contributed by atoms with van der Waals surface area (Å²) in [4.78, 5) is 7.99. The molecule has 0 amide bonds. The van der Waals surface area contributed by atoms with Crippen molar-refractivity contribution in [2.24, 2.45) is 0 Å². The monoisotopic (exact) mass is 325 g/mol. The van der Waals surface area contributed by atoms with Gasteiger partial charge in [-0.3, -0.25) is 0 Å². The van der Waals surface area contributed by atoms with Crippen LogP contribution in [-0.2, 0) is 16.1 Å². The van der Waals surface area contributed by atoms with Gasteiger partial charge in [-0.05, 0) is 24.5 Å². The first-order valence-electron chi connectivity index (χ1n) is 7.79. The molecule has 3 rings (SSSR count). The molecule has 1 unspecified atom stereocenters. The highest BCUT2D eigenvalue weighted by atomic mass is 16.5. The lowest BCUT2D eigenvalue weighted by atomic mass is 10.0. The maximum atomic E-state index is 9.29. The Morgan fingerprint density at radius 1 is 1.33 bits per heavy atom. The van der Waals surface area contributed by atoms with Gasteiger partial charge in [-0.1, -0.05) is 18.2 Å². The number of benzene rings is 1. The van der Waals surface area contributed by atoms with Crippen LogP contribution >= 0.6 is 0 Å². The first kappa shape index (κ1) is 16.2. The highest BCUT2D eigenvalue weighted by Gasteiger charge is 2.16. The van der Waals surface area contributed by atoms with Crippen molar-refractivity contribution in [1.82, 2.24) is 9.97 Å². The average molecular weight is 325 g/mol. The highest BCUT2D eigenvalue weighted by molar-refractivity contribution is 5.73. The second kappa shape index (κ2) is 7.25. The third-order valence-electron chi connectivity index (χ3n) is 3.86. The molecule has 1 aromatic heterocycles. The first-order chi connectivity index (χ1) is 11.7. The van der Waals surface area contributed by atoms with Crippen LogP contribution in [0.5, 0.6) is 0 Å². The topological polar surface area (TPSA) is 120 Å². The Morgan fingerprint density at radius 2 is 2.21 bits per heavy atom. The zero-order chi connectivity index (χ0) is 16.9. The normalized spacial score (nSPS) is 16.9. The number of aromatic nitrogens is 2. The van der Waals surface area contributed by atoms with Crippen molar-refractivity contribution in [2.45, 2.75) is 25.6 Å². The summed E-state index contributed by atoms with van der Waals surface area (Å²) in [6, 6.07) is 9.64. The van der Waals surface area contributed by atoms with Gasteiger partial charge in [0.2, 0.25) is 5.95 Å². The number of rotatable bonds is 5. The van der Waals surface area contributed by atoms with Gasteiger partial charge in [0.1, 0.15) is 17.5 Å². The Morgan fingerprint density at radius 3 is 2.96 bits per heavy atom. The van der Waals surface area contributed by atoms with Crippen molar-refractivity contribution in [2.75, 3.05) is 24.7 Å². The number of nitrogens with zero attached hydrogens (tertiary/aromatic N) is 3. The quantitative estimate of drug-likeness (QED) is 0.861. The van der Waals surface area contributed by atoms with Crippen LogP contribution in [0.15, 0.2) is 24.3 Å². The molecule has 7 heteroatoms. The van der Waals surface area contributed by atoms with Crippen LogP contribution in [0.1, 0.15) is 24.0 Å². The minimum absolute atomic E-state index is 0.0431. The van der Waals surface area contributed by atoms with E-state index in [9.17, 15) is 5.26 Å². The van der Waals surface area contributed by atoms with Gasteiger partial charge in [0.15, 0.2) is 0 Å². The van der Waals surface area contributed by atoms with E-state index in [0.717, 1.165) is 30.6 Å². The molecule has 1 fully saturated rings. The molecule has 0 aliphatic carbocycles. The minimum Gasteiger partial charge on any atom is -0.382 e. The Kier molecular flexibility index (Phi) is 4.89. The molecule has 1 aromatic carbocycles. The summed E-state index contributed by atoms with van der Waals surface area (Å²) in [5.41, 5.74) is 13.8. The number of nitrogens with two attached hydrogens (primary N) is 2. The van der Waals surface area contributed by atoms with Gasteiger partial charge in [0.25, 0.3) is 0 Å². The van der Waals surface area contributed by atoms with Crippen molar-refractivity contribution < 1.29 is 9.47 Å². The fourth-order valence-electron chi connectivity index (χ4n) is 2.71. The van der Waals surface area contributed by atoms with Crippen molar-refractivity contribution >= 4 is 11.8 Å². The van der Waals surface area contributed by atoms with E-state index in [0.29, 0.717) is 18.9 Å². The molecule has 1 aliphatic rings. The molecule has 7 nitrogen and oxygen atoms in total. The fourth-order valence-corrected chi connectivity index (χ4v) is 2.71. The van der Waals surface area contributed by atoms with Gasteiger partial charge >= 0.3 is 0 Å². The third-order valence-corrected chi connectivity index (χ3v) is 3.86. The van der Waals surface area contributed by atoms with E-state index in [1.807, 2.05) is 30.3 Å². The summed E-state index contributed by atoms with van der Waals surface area (Å²) >= 11 is 0. The Labute approximate surface area is 140 Å². The molecule has 2 aromatic rings. The molecule has 0 spiro atoms. The lowest BCUT2D eigenvalue weighted by Gasteiger charge is -2.11. The molecule has 1 aliphatic heterocycles. The lowest BCUT2D eigenvalue weighted by Crippen LogP contribution is -2.13. The van der Waals surface area contributed by atoms with Crippen LogP contribution in [0.4, 0.5) is 11.8 Å². The van der Waals surface area contributed by atoms with Crippen LogP contribution in [0.25, 0.3) is 11.3 Å². The molecule has 0 saturated carbocycles. The van der Waals surface area contributed by atoms with E-state index in [4.69, 9.17) is 20.9 Å². The van der Waals surface area contributed by atoms with Crippen LogP contribution in [0, 0.1) is 11.3 Å². The number of hydrogen-bond acceptors (Lipinski definition) is 7. The number of nitrogen functional groups attached to an aromatic ring is 2. The van der Waals surface area contributed by atoms with Gasteiger partial charge in [-0.25, -0.2) is 4.98 Å². The minimum atomic E-state index is 0.0431. The molecule has 1 saturated heterocycles. The van der Waals surface area contributed by atoms with Crippen molar-refractivity contribution in [3.05, 3.63) is 35.4 Å². The first-order valence-corrected chi connectivity index (χ1v) is 7.79. The zero-order valence-corrected chi connectivity index (χ0v) is 13.2. The predicted molar refractivity (Wildman–Crippen MR) is 89.6 cm³/mol.